The average Bonchev–Trinajstić information content (AvgIpc) is 2.75. The van der Waals surface area contributed by atoms with Crippen LogP contribution in [0.25, 0.3) is 0 Å². The van der Waals surface area contributed by atoms with Gasteiger partial charge in [0, 0.05) is 19.6 Å². The molecule has 0 saturated carbocycles. The zero-order chi connectivity index (χ0) is 17.3. The molecular weight excluding hydrogens is 298 g/mol. The quantitative estimate of drug-likeness (QED) is 0.784. The van der Waals surface area contributed by atoms with Gasteiger partial charge in [-0.2, -0.15) is 0 Å². The van der Waals surface area contributed by atoms with E-state index >= 15 is 0 Å². The van der Waals surface area contributed by atoms with Crippen LogP contribution in [-0.2, 0) is 9.53 Å². The molecule has 1 atom stereocenters. The lowest BCUT2D eigenvalue weighted by molar-refractivity contribution is -0.141. The number of amides is 1. The molecule has 2 rings (SSSR count). The van der Waals surface area contributed by atoms with Gasteiger partial charge in [0.1, 0.15) is 5.60 Å². The molecule has 0 bridgehead atoms. The summed E-state index contributed by atoms with van der Waals surface area (Å²) in [5.41, 5.74) is -1.06. The van der Waals surface area contributed by atoms with E-state index in [0.717, 1.165) is 26.1 Å². The number of nitrogens with one attached hydrogen (secondary N) is 1. The molecule has 0 aromatic carbocycles. The molecule has 2 aliphatic heterocycles. The Kier molecular flexibility index (Phi) is 5.20. The summed E-state index contributed by atoms with van der Waals surface area (Å²) in [5, 5.41) is 12.6. The minimum Gasteiger partial charge on any atom is -0.481 e. The maximum Gasteiger partial charge on any atom is 0.410 e. The maximum atomic E-state index is 12.0. The summed E-state index contributed by atoms with van der Waals surface area (Å²) in [5.74, 6) is -0.300. The minimum absolute atomic E-state index is 0.0227. The van der Waals surface area contributed by atoms with Gasteiger partial charge in [-0.05, 0) is 53.2 Å². The predicted octanol–water partition coefficient (Wildman–Crippen LogP) is 0.992. The Morgan fingerprint density at radius 1 is 1.35 bits per heavy atom. The monoisotopic (exact) mass is 327 g/mol. The number of carbonyl (C=O) groups is 2. The van der Waals surface area contributed by atoms with Crippen molar-refractivity contribution in [2.45, 2.75) is 44.8 Å². The van der Waals surface area contributed by atoms with Crippen LogP contribution in [0, 0.1) is 5.92 Å². The highest BCUT2D eigenvalue weighted by Crippen LogP contribution is 2.27. The number of hydrogen-bond acceptors (Lipinski definition) is 5. The van der Waals surface area contributed by atoms with Crippen LogP contribution in [0.2, 0.25) is 0 Å². The molecule has 0 aromatic heterocycles. The molecule has 0 aliphatic carbocycles. The average molecular weight is 327 g/mol. The second-order valence-electron chi connectivity index (χ2n) is 7.99. The summed E-state index contributed by atoms with van der Waals surface area (Å²) in [4.78, 5) is 27.1. The molecule has 2 N–H and O–H groups in total. The highest BCUT2D eigenvalue weighted by atomic mass is 16.6. The van der Waals surface area contributed by atoms with Gasteiger partial charge in [0.25, 0.3) is 0 Å². The Balaban J connectivity index is 1.87. The second-order valence-corrected chi connectivity index (χ2v) is 7.99. The van der Waals surface area contributed by atoms with Crippen molar-refractivity contribution >= 4 is 12.1 Å². The lowest BCUT2D eigenvalue weighted by Gasteiger charge is -2.50. The number of carboxylic acid groups (broad SMARTS) is 1. The van der Waals surface area contributed by atoms with Gasteiger partial charge in [0.05, 0.1) is 12.0 Å². The van der Waals surface area contributed by atoms with Crippen LogP contribution in [0.4, 0.5) is 4.79 Å². The van der Waals surface area contributed by atoms with Crippen LogP contribution >= 0.6 is 0 Å². The van der Waals surface area contributed by atoms with Gasteiger partial charge in [-0.15, -0.1) is 0 Å². The number of carbonyl (C=O) groups excluding carboxylic acids is 1. The molecule has 2 saturated heterocycles. The Morgan fingerprint density at radius 3 is 2.48 bits per heavy atom. The Hall–Kier alpha value is -1.34. The van der Waals surface area contributed by atoms with Crippen molar-refractivity contribution in [3.8, 4) is 0 Å². The SMILES string of the molecule is CN1CCC(CNC2(CC(=O)O)CN(C(=O)OC(C)(C)C)C2)C1. The lowest BCUT2D eigenvalue weighted by Crippen LogP contribution is -2.71. The number of rotatable bonds is 5. The lowest BCUT2D eigenvalue weighted by atomic mass is 9.86. The summed E-state index contributed by atoms with van der Waals surface area (Å²) in [6.45, 7) is 9.15. The molecule has 0 spiro atoms. The third-order valence-electron chi connectivity index (χ3n) is 4.38. The second kappa shape index (κ2) is 6.65. The van der Waals surface area contributed by atoms with Crippen molar-refractivity contribution in [3.05, 3.63) is 0 Å². The predicted molar refractivity (Wildman–Crippen MR) is 86.4 cm³/mol. The number of nitrogens with zero attached hydrogens (tertiary/aromatic N) is 2. The van der Waals surface area contributed by atoms with E-state index in [1.165, 1.54) is 0 Å². The van der Waals surface area contributed by atoms with E-state index in [-0.39, 0.29) is 12.5 Å². The zero-order valence-electron chi connectivity index (χ0n) is 14.6. The Labute approximate surface area is 138 Å². The highest BCUT2D eigenvalue weighted by molar-refractivity contribution is 5.73. The van der Waals surface area contributed by atoms with Gasteiger partial charge in [-0.25, -0.2) is 4.79 Å². The van der Waals surface area contributed by atoms with Gasteiger partial charge in [0.2, 0.25) is 0 Å². The van der Waals surface area contributed by atoms with Gasteiger partial charge in [-0.1, -0.05) is 0 Å². The van der Waals surface area contributed by atoms with E-state index in [1.807, 2.05) is 20.8 Å². The molecule has 1 amide bonds. The van der Waals surface area contributed by atoms with Crippen LogP contribution in [0.3, 0.4) is 0 Å². The van der Waals surface area contributed by atoms with Crippen molar-refractivity contribution in [3.63, 3.8) is 0 Å². The van der Waals surface area contributed by atoms with E-state index in [9.17, 15) is 14.7 Å². The van der Waals surface area contributed by atoms with Crippen molar-refractivity contribution < 1.29 is 19.4 Å². The maximum absolute atomic E-state index is 12.0. The van der Waals surface area contributed by atoms with E-state index in [1.54, 1.807) is 4.90 Å². The van der Waals surface area contributed by atoms with Gasteiger partial charge < -0.3 is 25.0 Å². The van der Waals surface area contributed by atoms with Crippen molar-refractivity contribution in [2.24, 2.45) is 5.92 Å². The van der Waals surface area contributed by atoms with Crippen LogP contribution in [0.15, 0.2) is 0 Å². The molecule has 0 radical (unpaired) electrons. The highest BCUT2D eigenvalue weighted by Gasteiger charge is 2.48. The first-order valence-corrected chi connectivity index (χ1v) is 8.22. The fourth-order valence-corrected chi connectivity index (χ4v) is 3.27. The van der Waals surface area contributed by atoms with E-state index in [4.69, 9.17) is 4.74 Å². The molecule has 1 unspecified atom stereocenters. The third kappa shape index (κ3) is 5.07. The molecule has 2 aliphatic rings. The Morgan fingerprint density at radius 2 is 2.00 bits per heavy atom. The van der Waals surface area contributed by atoms with Crippen molar-refractivity contribution in [1.29, 1.82) is 0 Å². The zero-order valence-corrected chi connectivity index (χ0v) is 14.6. The van der Waals surface area contributed by atoms with Crippen molar-refractivity contribution in [2.75, 3.05) is 39.8 Å². The fourth-order valence-electron chi connectivity index (χ4n) is 3.27. The summed E-state index contributed by atoms with van der Waals surface area (Å²) >= 11 is 0. The molecule has 132 valence electrons. The van der Waals surface area contributed by atoms with Crippen LogP contribution in [0.1, 0.15) is 33.6 Å². The van der Waals surface area contributed by atoms with E-state index in [2.05, 4.69) is 17.3 Å². The van der Waals surface area contributed by atoms with Crippen molar-refractivity contribution in [1.82, 2.24) is 15.1 Å². The van der Waals surface area contributed by atoms with E-state index < -0.39 is 17.1 Å². The van der Waals surface area contributed by atoms with Gasteiger partial charge >= 0.3 is 12.1 Å². The molecular formula is C16H29N3O4. The molecule has 23 heavy (non-hydrogen) atoms. The summed E-state index contributed by atoms with van der Waals surface area (Å²) in [6.07, 6.45) is 0.776. The summed E-state index contributed by atoms with van der Waals surface area (Å²) in [6, 6.07) is 0. The minimum atomic E-state index is -0.843. The molecule has 2 heterocycles. The molecule has 7 heteroatoms. The van der Waals surface area contributed by atoms with Crippen LogP contribution < -0.4 is 5.32 Å². The summed E-state index contributed by atoms with van der Waals surface area (Å²) < 4.78 is 5.34. The first-order chi connectivity index (χ1) is 10.6. The largest absolute Gasteiger partial charge is 0.481 e. The van der Waals surface area contributed by atoms with Crippen LogP contribution in [0.5, 0.6) is 0 Å². The first kappa shape index (κ1) is 18.0. The first-order valence-electron chi connectivity index (χ1n) is 8.22. The number of aliphatic carboxylic acids is 1. The normalized spacial score (nSPS) is 24.3. The van der Waals surface area contributed by atoms with Gasteiger partial charge in [-0.3, -0.25) is 4.79 Å². The number of likely N-dealkylation sites (tertiary alicyclic amines) is 2. The topological polar surface area (TPSA) is 82.1 Å². The number of carboxylic acids is 1. The number of hydrogen-bond donors (Lipinski definition) is 2. The number of ether oxygens (including phenoxy) is 1. The molecule has 7 nitrogen and oxygen atoms in total. The summed E-state index contributed by atoms with van der Waals surface area (Å²) in [7, 11) is 2.10. The molecule has 2 fully saturated rings. The Bertz CT molecular complexity index is 455. The van der Waals surface area contributed by atoms with Gasteiger partial charge in [0.15, 0.2) is 0 Å². The molecule has 0 aromatic rings. The smallest absolute Gasteiger partial charge is 0.410 e. The fraction of sp³-hybridized carbons (Fsp3) is 0.875. The standard InChI is InChI=1S/C16H29N3O4/c1-15(2,3)23-14(22)19-10-16(11-19,7-13(20)21)17-8-12-5-6-18(4)9-12/h12,17H,5-11H2,1-4H3,(H,20,21). The van der Waals surface area contributed by atoms with Crippen LogP contribution in [-0.4, -0.2) is 77.9 Å². The van der Waals surface area contributed by atoms with E-state index in [0.29, 0.717) is 19.0 Å². The third-order valence-corrected chi connectivity index (χ3v) is 4.38.